The Labute approximate surface area is 124 Å². The second kappa shape index (κ2) is 6.50. The molecule has 0 atom stereocenters. The lowest BCUT2D eigenvalue weighted by Crippen LogP contribution is -2.13. The van der Waals surface area contributed by atoms with Gasteiger partial charge in [-0.05, 0) is 30.7 Å². The van der Waals surface area contributed by atoms with E-state index < -0.39 is 0 Å². The Kier molecular flexibility index (Phi) is 4.26. The zero-order valence-corrected chi connectivity index (χ0v) is 12.1. The minimum atomic E-state index is 0.311. The smallest absolute Gasteiger partial charge is 0.231 e. The van der Waals surface area contributed by atoms with Crippen LogP contribution >= 0.6 is 0 Å². The molecule has 0 amide bonds. The second-order valence-corrected chi connectivity index (χ2v) is 4.83. The molecule has 0 fully saturated rings. The number of rotatable bonds is 6. The van der Waals surface area contributed by atoms with Gasteiger partial charge in [0.05, 0.1) is 6.61 Å². The van der Waals surface area contributed by atoms with E-state index >= 15 is 0 Å². The average molecular weight is 285 g/mol. The number of hydrogen-bond acceptors (Lipinski definition) is 4. The van der Waals surface area contributed by atoms with Gasteiger partial charge >= 0.3 is 0 Å². The number of para-hydroxylation sites is 1. The van der Waals surface area contributed by atoms with E-state index in [0.29, 0.717) is 13.4 Å². The Morgan fingerprint density at radius 1 is 1.05 bits per heavy atom. The van der Waals surface area contributed by atoms with Gasteiger partial charge in [0.2, 0.25) is 6.79 Å². The van der Waals surface area contributed by atoms with Crippen molar-refractivity contribution in [1.29, 1.82) is 0 Å². The summed E-state index contributed by atoms with van der Waals surface area (Å²) in [4.78, 5) is 0. The molecule has 2 aromatic rings. The summed E-state index contributed by atoms with van der Waals surface area (Å²) in [6.45, 7) is 4.54. The summed E-state index contributed by atoms with van der Waals surface area (Å²) in [7, 11) is 0. The summed E-state index contributed by atoms with van der Waals surface area (Å²) in [6, 6.07) is 14.1. The number of fused-ring (bicyclic) bond motifs is 1. The minimum Gasteiger partial charge on any atom is -0.494 e. The Balaban J connectivity index is 1.55. The van der Waals surface area contributed by atoms with Crippen LogP contribution in [0.2, 0.25) is 0 Å². The molecule has 2 aromatic carbocycles. The fourth-order valence-electron chi connectivity index (χ4n) is 2.34. The Morgan fingerprint density at radius 2 is 1.90 bits per heavy atom. The van der Waals surface area contributed by atoms with Crippen LogP contribution in [0.5, 0.6) is 17.2 Å². The van der Waals surface area contributed by atoms with Crippen LogP contribution in [-0.2, 0) is 13.1 Å². The van der Waals surface area contributed by atoms with Gasteiger partial charge in [-0.2, -0.15) is 0 Å². The van der Waals surface area contributed by atoms with E-state index in [9.17, 15) is 0 Å². The molecule has 1 heterocycles. The maximum Gasteiger partial charge on any atom is 0.231 e. The fourth-order valence-corrected chi connectivity index (χ4v) is 2.34. The first kappa shape index (κ1) is 13.8. The quantitative estimate of drug-likeness (QED) is 0.885. The first-order valence-corrected chi connectivity index (χ1v) is 7.17. The molecule has 0 aliphatic carbocycles. The molecular weight excluding hydrogens is 266 g/mol. The van der Waals surface area contributed by atoms with Gasteiger partial charge in [-0.3, -0.25) is 0 Å². The monoisotopic (exact) mass is 285 g/mol. The highest BCUT2D eigenvalue weighted by molar-refractivity contribution is 5.48. The Bertz CT molecular complexity index is 595. The van der Waals surface area contributed by atoms with Crippen LogP contribution in [0.3, 0.4) is 0 Å². The summed E-state index contributed by atoms with van der Waals surface area (Å²) < 4.78 is 16.3. The van der Waals surface area contributed by atoms with Crippen molar-refractivity contribution >= 4 is 0 Å². The molecule has 0 aromatic heterocycles. The molecule has 0 spiro atoms. The third-order valence-electron chi connectivity index (χ3n) is 3.36. The highest BCUT2D eigenvalue weighted by Gasteiger charge is 2.16. The van der Waals surface area contributed by atoms with Gasteiger partial charge in [0, 0.05) is 18.7 Å². The van der Waals surface area contributed by atoms with Gasteiger partial charge in [0.25, 0.3) is 0 Å². The largest absolute Gasteiger partial charge is 0.494 e. The van der Waals surface area contributed by atoms with E-state index in [4.69, 9.17) is 14.2 Å². The van der Waals surface area contributed by atoms with Gasteiger partial charge in [0.1, 0.15) is 5.75 Å². The van der Waals surface area contributed by atoms with Crippen molar-refractivity contribution < 1.29 is 14.2 Å². The van der Waals surface area contributed by atoms with Gasteiger partial charge in [0.15, 0.2) is 11.5 Å². The number of benzene rings is 2. The normalized spacial score (nSPS) is 12.4. The molecule has 110 valence electrons. The lowest BCUT2D eigenvalue weighted by atomic mass is 10.1. The summed E-state index contributed by atoms with van der Waals surface area (Å²) >= 11 is 0. The van der Waals surface area contributed by atoms with Crippen molar-refractivity contribution in [3.05, 3.63) is 53.6 Å². The molecule has 1 N–H and O–H groups in total. The van der Waals surface area contributed by atoms with Crippen LogP contribution in [-0.4, -0.2) is 13.4 Å². The van der Waals surface area contributed by atoms with Crippen LogP contribution in [0.15, 0.2) is 42.5 Å². The molecule has 1 aliphatic rings. The molecule has 4 nitrogen and oxygen atoms in total. The van der Waals surface area contributed by atoms with Crippen LogP contribution in [0.4, 0.5) is 0 Å². The van der Waals surface area contributed by atoms with Crippen molar-refractivity contribution in [2.24, 2.45) is 0 Å². The van der Waals surface area contributed by atoms with E-state index in [1.165, 1.54) is 5.56 Å². The molecule has 21 heavy (non-hydrogen) atoms. The highest BCUT2D eigenvalue weighted by Crippen LogP contribution is 2.35. The zero-order chi connectivity index (χ0) is 14.5. The van der Waals surface area contributed by atoms with E-state index in [2.05, 4.69) is 23.5 Å². The maximum absolute atomic E-state index is 5.50. The van der Waals surface area contributed by atoms with E-state index in [1.807, 2.05) is 31.2 Å². The van der Waals surface area contributed by atoms with Crippen molar-refractivity contribution in [2.45, 2.75) is 20.0 Å². The van der Waals surface area contributed by atoms with E-state index in [-0.39, 0.29) is 0 Å². The van der Waals surface area contributed by atoms with Crippen molar-refractivity contribution in [3.63, 3.8) is 0 Å². The van der Waals surface area contributed by atoms with E-state index in [0.717, 1.165) is 35.9 Å². The van der Waals surface area contributed by atoms with Gasteiger partial charge in [-0.1, -0.05) is 24.3 Å². The second-order valence-electron chi connectivity index (χ2n) is 4.83. The third-order valence-corrected chi connectivity index (χ3v) is 3.36. The Hall–Kier alpha value is -2.20. The topological polar surface area (TPSA) is 39.7 Å². The molecule has 0 radical (unpaired) electrons. The summed E-state index contributed by atoms with van der Waals surface area (Å²) in [5.74, 6) is 2.60. The van der Waals surface area contributed by atoms with Crippen molar-refractivity contribution in [2.75, 3.05) is 13.4 Å². The van der Waals surface area contributed by atoms with Crippen LogP contribution in [0.1, 0.15) is 18.1 Å². The van der Waals surface area contributed by atoms with Crippen LogP contribution in [0.25, 0.3) is 0 Å². The molecule has 4 heteroatoms. The number of hydrogen-bond donors (Lipinski definition) is 1. The van der Waals surface area contributed by atoms with Crippen LogP contribution < -0.4 is 19.5 Å². The zero-order valence-electron chi connectivity index (χ0n) is 12.1. The summed E-state index contributed by atoms with van der Waals surface area (Å²) in [6.07, 6.45) is 0. The third kappa shape index (κ3) is 3.28. The molecule has 0 unspecified atom stereocenters. The molecule has 0 bridgehead atoms. The molecule has 1 aliphatic heterocycles. The highest BCUT2D eigenvalue weighted by atomic mass is 16.7. The predicted octanol–water partition coefficient (Wildman–Crippen LogP) is 3.10. The molecule has 0 saturated heterocycles. The van der Waals surface area contributed by atoms with Crippen molar-refractivity contribution in [3.8, 4) is 17.2 Å². The lowest BCUT2D eigenvalue weighted by molar-refractivity contribution is 0.173. The SMILES string of the molecule is CCOc1ccc(CNCc2cccc3c2OCO3)cc1. The first-order chi connectivity index (χ1) is 10.4. The maximum atomic E-state index is 5.50. The van der Waals surface area contributed by atoms with Gasteiger partial charge in [-0.15, -0.1) is 0 Å². The predicted molar refractivity (Wildman–Crippen MR) is 80.7 cm³/mol. The molecule has 0 saturated carbocycles. The summed E-state index contributed by atoms with van der Waals surface area (Å²) in [5.41, 5.74) is 2.35. The van der Waals surface area contributed by atoms with Gasteiger partial charge < -0.3 is 19.5 Å². The fraction of sp³-hybridized carbons (Fsp3) is 0.294. The number of nitrogens with one attached hydrogen (secondary N) is 1. The lowest BCUT2D eigenvalue weighted by Gasteiger charge is -2.08. The summed E-state index contributed by atoms with van der Waals surface area (Å²) in [5, 5.41) is 3.42. The van der Waals surface area contributed by atoms with E-state index in [1.54, 1.807) is 0 Å². The first-order valence-electron chi connectivity index (χ1n) is 7.17. The minimum absolute atomic E-state index is 0.311. The number of ether oxygens (including phenoxy) is 3. The Morgan fingerprint density at radius 3 is 2.71 bits per heavy atom. The molecular formula is C17H19NO3. The average Bonchev–Trinajstić information content (AvgIpc) is 2.99. The van der Waals surface area contributed by atoms with Crippen LogP contribution in [0, 0.1) is 0 Å². The van der Waals surface area contributed by atoms with Crippen molar-refractivity contribution in [1.82, 2.24) is 5.32 Å². The molecule has 3 rings (SSSR count). The van der Waals surface area contributed by atoms with Gasteiger partial charge in [-0.25, -0.2) is 0 Å². The standard InChI is InChI=1S/C17H19NO3/c1-2-19-15-8-6-13(7-9-15)10-18-11-14-4-3-5-16-17(14)21-12-20-16/h3-9,18H,2,10-12H2,1H3.